The fourth-order valence-corrected chi connectivity index (χ4v) is 3.61. The Bertz CT molecular complexity index is 576. The van der Waals surface area contributed by atoms with Gasteiger partial charge in [-0.2, -0.15) is 0 Å². The van der Waals surface area contributed by atoms with E-state index in [1.807, 2.05) is 24.3 Å². The fourth-order valence-electron chi connectivity index (χ4n) is 3.41. The molecule has 1 unspecified atom stereocenters. The summed E-state index contributed by atoms with van der Waals surface area (Å²) in [6.07, 6.45) is 6.77. The number of carbonyl (C=O) groups is 1. The number of nitrogens with zero attached hydrogens (tertiary/aromatic N) is 1. The summed E-state index contributed by atoms with van der Waals surface area (Å²) >= 11 is 6.08. The van der Waals surface area contributed by atoms with E-state index in [2.05, 4.69) is 10.2 Å². The second-order valence-corrected chi connectivity index (χ2v) is 7.00. The Morgan fingerprint density at radius 3 is 2.79 bits per heavy atom. The summed E-state index contributed by atoms with van der Waals surface area (Å²) in [5, 5.41) is 3.67. The quantitative estimate of drug-likeness (QED) is 0.832. The molecule has 0 saturated carbocycles. The van der Waals surface area contributed by atoms with Crippen molar-refractivity contribution in [3.8, 4) is 0 Å². The Morgan fingerprint density at radius 1 is 1.29 bits per heavy atom. The number of hydrogen-bond acceptors (Lipinski definition) is 3. The number of benzene rings is 1. The van der Waals surface area contributed by atoms with Gasteiger partial charge in [-0.25, -0.2) is 0 Å². The van der Waals surface area contributed by atoms with Crippen LogP contribution in [0, 0.1) is 5.92 Å². The van der Waals surface area contributed by atoms with Crippen molar-refractivity contribution < 1.29 is 9.53 Å². The topological polar surface area (TPSA) is 41.6 Å². The first-order valence-electron chi connectivity index (χ1n) is 8.74. The number of likely N-dealkylation sites (tertiary alicyclic amines) is 1. The first kappa shape index (κ1) is 17.5. The van der Waals surface area contributed by atoms with Crippen LogP contribution < -0.4 is 5.32 Å². The Labute approximate surface area is 148 Å². The van der Waals surface area contributed by atoms with Gasteiger partial charge in [-0.15, -0.1) is 0 Å². The Morgan fingerprint density at radius 2 is 2.08 bits per heavy atom. The maximum Gasteiger partial charge on any atom is 0.244 e. The zero-order chi connectivity index (χ0) is 16.8. The van der Waals surface area contributed by atoms with Crippen LogP contribution in [-0.4, -0.2) is 49.7 Å². The number of halogens is 1. The van der Waals surface area contributed by atoms with Gasteiger partial charge in [0.1, 0.15) is 0 Å². The molecule has 1 aromatic rings. The Kier molecular flexibility index (Phi) is 6.30. The van der Waals surface area contributed by atoms with Gasteiger partial charge in [0.15, 0.2) is 0 Å². The van der Waals surface area contributed by atoms with Crippen molar-refractivity contribution in [2.24, 2.45) is 5.92 Å². The molecule has 1 N–H and O–H groups in total. The maximum atomic E-state index is 12.0. The van der Waals surface area contributed by atoms with Crippen LogP contribution in [-0.2, 0) is 9.53 Å². The third-order valence-electron chi connectivity index (χ3n) is 4.96. The van der Waals surface area contributed by atoms with Gasteiger partial charge in [0.25, 0.3) is 0 Å². The largest absolute Gasteiger partial charge is 0.380 e. The summed E-state index contributed by atoms with van der Waals surface area (Å²) in [6.45, 7) is 4.77. The van der Waals surface area contributed by atoms with Crippen LogP contribution in [0.5, 0.6) is 0 Å². The predicted octanol–water partition coefficient (Wildman–Crippen LogP) is 2.97. The molecular weight excluding hydrogens is 324 g/mol. The van der Waals surface area contributed by atoms with Crippen LogP contribution in [0.3, 0.4) is 0 Å². The van der Waals surface area contributed by atoms with Crippen LogP contribution in [0.15, 0.2) is 30.3 Å². The molecule has 130 valence electrons. The first-order chi connectivity index (χ1) is 11.7. The van der Waals surface area contributed by atoms with Gasteiger partial charge >= 0.3 is 0 Å². The predicted molar refractivity (Wildman–Crippen MR) is 97.0 cm³/mol. The number of carbonyl (C=O) groups excluding carboxylic acids is 1. The highest BCUT2D eigenvalue weighted by atomic mass is 35.5. The molecule has 0 spiro atoms. The normalized spacial score (nSPS) is 23.0. The summed E-state index contributed by atoms with van der Waals surface area (Å²) in [5.74, 6) is 0.516. The molecule has 0 aliphatic carbocycles. The molecule has 2 aliphatic rings. The van der Waals surface area contributed by atoms with Crippen LogP contribution in [0.25, 0.3) is 6.08 Å². The van der Waals surface area contributed by atoms with E-state index in [9.17, 15) is 4.79 Å². The van der Waals surface area contributed by atoms with Crippen molar-refractivity contribution in [1.82, 2.24) is 10.2 Å². The molecule has 2 fully saturated rings. The molecule has 2 saturated heterocycles. The van der Waals surface area contributed by atoms with Crippen molar-refractivity contribution in [2.45, 2.75) is 25.3 Å². The molecular formula is C19H25ClN2O2. The molecule has 1 amide bonds. The number of nitrogens with one attached hydrogen (secondary N) is 1. The van der Waals surface area contributed by atoms with Crippen LogP contribution in [0.4, 0.5) is 0 Å². The fraction of sp³-hybridized carbons (Fsp3) is 0.526. The highest BCUT2D eigenvalue weighted by Crippen LogP contribution is 2.22. The summed E-state index contributed by atoms with van der Waals surface area (Å²) in [4.78, 5) is 14.5. The zero-order valence-electron chi connectivity index (χ0n) is 13.9. The number of hydrogen-bond donors (Lipinski definition) is 1. The van der Waals surface area contributed by atoms with Crippen molar-refractivity contribution in [3.05, 3.63) is 40.9 Å². The van der Waals surface area contributed by atoms with E-state index in [0.29, 0.717) is 17.0 Å². The average molecular weight is 349 g/mol. The minimum absolute atomic E-state index is 0.0541. The number of rotatable bonds is 5. The third kappa shape index (κ3) is 4.82. The lowest BCUT2D eigenvalue weighted by atomic mass is 9.95. The van der Waals surface area contributed by atoms with Crippen LogP contribution in [0.2, 0.25) is 5.02 Å². The minimum atomic E-state index is -0.0541. The van der Waals surface area contributed by atoms with E-state index < -0.39 is 0 Å². The van der Waals surface area contributed by atoms with E-state index in [1.165, 1.54) is 0 Å². The summed E-state index contributed by atoms with van der Waals surface area (Å²) in [7, 11) is 0. The SMILES string of the molecule is O=C(C=Cc1ccccc1Cl)NCC1CCN(C2CCOC2)CC1. The molecule has 24 heavy (non-hydrogen) atoms. The zero-order valence-corrected chi connectivity index (χ0v) is 14.7. The van der Waals surface area contributed by atoms with Gasteiger partial charge in [0, 0.05) is 30.3 Å². The van der Waals surface area contributed by atoms with Gasteiger partial charge in [-0.1, -0.05) is 29.8 Å². The first-order valence-corrected chi connectivity index (χ1v) is 9.12. The molecule has 3 rings (SSSR count). The van der Waals surface area contributed by atoms with E-state index in [1.54, 1.807) is 12.2 Å². The number of ether oxygens (including phenoxy) is 1. The molecule has 0 bridgehead atoms. The molecule has 4 nitrogen and oxygen atoms in total. The molecule has 2 heterocycles. The lowest BCUT2D eigenvalue weighted by molar-refractivity contribution is -0.116. The van der Waals surface area contributed by atoms with E-state index >= 15 is 0 Å². The standard InChI is InChI=1S/C19H25ClN2O2/c20-18-4-2-1-3-16(18)5-6-19(23)21-13-15-7-10-22(11-8-15)17-9-12-24-14-17/h1-6,15,17H,7-14H2,(H,21,23). The molecule has 2 aliphatic heterocycles. The molecule has 0 radical (unpaired) electrons. The molecule has 1 atom stereocenters. The van der Waals surface area contributed by atoms with Crippen molar-refractivity contribution in [1.29, 1.82) is 0 Å². The monoisotopic (exact) mass is 348 g/mol. The Hall–Kier alpha value is -1.36. The smallest absolute Gasteiger partial charge is 0.244 e. The van der Waals surface area contributed by atoms with Gasteiger partial charge < -0.3 is 10.1 Å². The lowest BCUT2D eigenvalue weighted by Gasteiger charge is -2.35. The highest BCUT2D eigenvalue weighted by molar-refractivity contribution is 6.32. The second kappa shape index (κ2) is 8.65. The summed E-state index contributed by atoms with van der Waals surface area (Å²) < 4.78 is 5.47. The highest BCUT2D eigenvalue weighted by Gasteiger charge is 2.27. The van der Waals surface area contributed by atoms with Crippen molar-refractivity contribution in [3.63, 3.8) is 0 Å². The van der Waals surface area contributed by atoms with Crippen molar-refractivity contribution >= 4 is 23.6 Å². The van der Waals surface area contributed by atoms with Gasteiger partial charge in [-0.3, -0.25) is 9.69 Å². The van der Waals surface area contributed by atoms with Gasteiger partial charge in [0.2, 0.25) is 5.91 Å². The molecule has 1 aromatic carbocycles. The van der Waals surface area contributed by atoms with Crippen LogP contribution in [0.1, 0.15) is 24.8 Å². The van der Waals surface area contributed by atoms with Gasteiger partial charge in [0.05, 0.1) is 6.61 Å². The number of piperidine rings is 1. The molecule has 5 heteroatoms. The van der Waals surface area contributed by atoms with Gasteiger partial charge in [-0.05, 0) is 56.0 Å². The van der Waals surface area contributed by atoms with Crippen molar-refractivity contribution in [2.75, 3.05) is 32.8 Å². The lowest BCUT2D eigenvalue weighted by Crippen LogP contribution is -2.43. The second-order valence-electron chi connectivity index (χ2n) is 6.60. The minimum Gasteiger partial charge on any atom is -0.380 e. The number of amides is 1. The average Bonchev–Trinajstić information content (AvgIpc) is 3.14. The van der Waals surface area contributed by atoms with E-state index in [-0.39, 0.29) is 5.91 Å². The summed E-state index contributed by atoms with van der Waals surface area (Å²) in [5.41, 5.74) is 0.862. The van der Waals surface area contributed by atoms with Crippen LogP contribution >= 0.6 is 11.6 Å². The maximum absolute atomic E-state index is 12.0. The summed E-state index contributed by atoms with van der Waals surface area (Å²) in [6, 6.07) is 8.12. The van der Waals surface area contributed by atoms with E-state index in [4.69, 9.17) is 16.3 Å². The Balaban J connectivity index is 1.38. The third-order valence-corrected chi connectivity index (χ3v) is 5.30. The van der Waals surface area contributed by atoms with E-state index in [0.717, 1.165) is 57.7 Å². The molecule has 0 aromatic heterocycles.